The zero-order chi connectivity index (χ0) is 45.2. The lowest BCUT2D eigenvalue weighted by molar-refractivity contribution is 0.0858. The van der Waals surface area contributed by atoms with Crippen LogP contribution in [0.2, 0.25) is 0 Å². The second-order valence-corrected chi connectivity index (χ2v) is 20.5. The van der Waals surface area contributed by atoms with Crippen molar-refractivity contribution in [1.82, 2.24) is 0 Å². The smallest absolute Gasteiger partial charge is 0.238 e. The molecule has 2 unspecified atom stereocenters. The second-order valence-electron chi connectivity index (χ2n) is 15.1. The number of anilines is 2. The highest BCUT2D eigenvalue weighted by molar-refractivity contribution is 14.1. The monoisotopic (exact) mass is 1020 g/mol. The average Bonchev–Trinajstić information content (AvgIpc) is 4.14. The zero-order valence-corrected chi connectivity index (χ0v) is 36.3. The first kappa shape index (κ1) is 48.3. The minimum absolute atomic E-state index is 0.0456. The fourth-order valence-corrected chi connectivity index (χ4v) is 10.7. The molecule has 0 spiro atoms. The van der Waals surface area contributed by atoms with Crippen LogP contribution in [0.3, 0.4) is 0 Å². The van der Waals surface area contributed by atoms with Gasteiger partial charge in [0.25, 0.3) is 0 Å². The maximum Gasteiger partial charge on any atom is 0.238 e. The molecule has 21 heteroatoms. The summed E-state index contributed by atoms with van der Waals surface area (Å²) in [6.45, 7) is 0.364. The Morgan fingerprint density at radius 2 is 1.10 bits per heavy atom. The van der Waals surface area contributed by atoms with E-state index in [4.69, 9.17) is 14.9 Å². The van der Waals surface area contributed by atoms with Crippen molar-refractivity contribution in [1.29, 1.82) is 0 Å². The Morgan fingerprint density at radius 3 is 1.54 bits per heavy atom. The molecule has 0 bridgehead atoms. The van der Waals surface area contributed by atoms with Gasteiger partial charge in [0.1, 0.15) is 17.4 Å². The third kappa shape index (κ3) is 10.7. The van der Waals surface area contributed by atoms with E-state index in [1.807, 2.05) is 27.3 Å². The maximum atomic E-state index is 14.8. The highest BCUT2D eigenvalue weighted by atomic mass is 127. The lowest BCUT2D eigenvalue weighted by Gasteiger charge is -2.23. The molecule has 334 valence electrons. The summed E-state index contributed by atoms with van der Waals surface area (Å²) < 4.78 is 159. The number of halogens is 8. The van der Waals surface area contributed by atoms with Crippen LogP contribution in [0.15, 0.2) is 48.5 Å². The molecular formula is C40H42F7IN2O9S2. The topological polar surface area (TPSA) is 182 Å². The van der Waals surface area contributed by atoms with Crippen molar-refractivity contribution in [3.05, 3.63) is 121 Å². The predicted molar refractivity (Wildman–Crippen MR) is 220 cm³/mol. The van der Waals surface area contributed by atoms with Gasteiger partial charge in [0.2, 0.25) is 20.0 Å². The largest absolute Gasteiger partial charge is 0.494 e. The van der Waals surface area contributed by atoms with Crippen molar-refractivity contribution in [2.75, 3.05) is 29.8 Å². The highest BCUT2D eigenvalue weighted by Crippen LogP contribution is 2.50. The number of hydrogen-bond donors (Lipinski definition) is 6. The second kappa shape index (κ2) is 18.9. The minimum atomic E-state index is -4.33. The molecule has 4 aromatic carbocycles. The van der Waals surface area contributed by atoms with Crippen LogP contribution in [0.4, 0.5) is 42.1 Å². The molecule has 0 radical (unpaired) electrons. The highest BCUT2D eigenvalue weighted by Gasteiger charge is 2.56. The molecule has 2 aliphatic rings. The fourth-order valence-electron chi connectivity index (χ4n) is 6.77. The van der Waals surface area contributed by atoms with Crippen molar-refractivity contribution in [2.45, 2.75) is 80.0 Å². The number of sulfonamides is 2. The normalized spacial score (nSPS) is 16.2. The van der Waals surface area contributed by atoms with E-state index in [0.717, 1.165) is 0 Å². The molecule has 61 heavy (non-hydrogen) atoms. The summed E-state index contributed by atoms with van der Waals surface area (Å²) in [7, 11) is -7.35. The fraction of sp³-hybridized carbons (Fsp3) is 0.400. The molecule has 2 aliphatic carbocycles. The first-order valence-electron chi connectivity index (χ1n) is 18.6. The van der Waals surface area contributed by atoms with E-state index < -0.39 is 125 Å². The number of nitrogens with one attached hydrogen (secondary N) is 2. The molecular weight excluding hydrogens is 976 g/mol. The summed E-state index contributed by atoms with van der Waals surface area (Å²) in [5.74, 6) is -8.59. The summed E-state index contributed by atoms with van der Waals surface area (Å²) in [6, 6.07) is 9.18. The van der Waals surface area contributed by atoms with Crippen LogP contribution < -0.4 is 14.2 Å². The molecule has 0 saturated heterocycles. The third-order valence-corrected chi connectivity index (χ3v) is 15.6. The van der Waals surface area contributed by atoms with Crippen molar-refractivity contribution >= 4 is 54.0 Å². The Morgan fingerprint density at radius 1 is 0.656 bits per heavy atom. The summed E-state index contributed by atoms with van der Waals surface area (Å²) in [5.41, 5.74) is -1.65. The van der Waals surface area contributed by atoms with Crippen LogP contribution in [0.25, 0.3) is 0 Å². The van der Waals surface area contributed by atoms with Gasteiger partial charge < -0.3 is 25.2 Å². The number of methoxy groups -OCH3 is 1. The molecule has 0 aromatic heterocycles. The van der Waals surface area contributed by atoms with E-state index >= 15 is 0 Å². The van der Waals surface area contributed by atoms with Crippen molar-refractivity contribution in [3.8, 4) is 5.75 Å². The van der Waals surface area contributed by atoms with Gasteiger partial charge in [-0.05, 0) is 103 Å². The SMILES string of the molecule is COc1cc(F)c(F)c(Cc2ccc(I)cc2F)c1NS(=O)(=O)C1(CC(O)CO)CC1.Cc1ccc(Cc2c(F)c(F)cc(F)c2NS(=O)(=O)C2(CC(O)CO)CC2)c(F)c1. The number of benzene rings is 4. The van der Waals surface area contributed by atoms with E-state index in [9.17, 15) is 57.8 Å². The van der Waals surface area contributed by atoms with E-state index in [2.05, 4.69) is 4.72 Å². The number of ether oxygens (including phenoxy) is 1. The average molecular weight is 1020 g/mol. The van der Waals surface area contributed by atoms with Gasteiger partial charge in [-0.2, -0.15) is 0 Å². The molecule has 2 fully saturated rings. The van der Waals surface area contributed by atoms with Crippen LogP contribution in [0.5, 0.6) is 5.75 Å². The summed E-state index contributed by atoms with van der Waals surface area (Å²) in [4.78, 5) is 0. The minimum Gasteiger partial charge on any atom is -0.494 e. The first-order chi connectivity index (χ1) is 28.5. The molecule has 2 saturated carbocycles. The Bertz CT molecular complexity index is 2510. The van der Waals surface area contributed by atoms with Crippen LogP contribution in [-0.2, 0) is 32.9 Å². The van der Waals surface area contributed by atoms with E-state index in [0.29, 0.717) is 15.2 Å². The van der Waals surface area contributed by atoms with Crippen molar-refractivity contribution in [3.63, 3.8) is 0 Å². The molecule has 0 heterocycles. The van der Waals surface area contributed by atoms with Gasteiger partial charge in [-0.3, -0.25) is 9.44 Å². The van der Waals surface area contributed by atoms with Gasteiger partial charge in [-0.15, -0.1) is 0 Å². The Kier molecular flexibility index (Phi) is 15.0. The van der Waals surface area contributed by atoms with Crippen LogP contribution in [0.1, 0.15) is 66.3 Å². The van der Waals surface area contributed by atoms with E-state index in [1.165, 1.54) is 37.4 Å². The van der Waals surface area contributed by atoms with Crippen LogP contribution in [0, 0.1) is 51.2 Å². The van der Waals surface area contributed by atoms with Gasteiger partial charge in [0.05, 0.1) is 53.4 Å². The Balaban J connectivity index is 0.000000231. The van der Waals surface area contributed by atoms with Gasteiger partial charge in [-0.25, -0.2) is 47.6 Å². The molecule has 6 N–H and O–H groups in total. The van der Waals surface area contributed by atoms with E-state index in [-0.39, 0.29) is 67.2 Å². The van der Waals surface area contributed by atoms with Gasteiger partial charge in [0, 0.05) is 39.7 Å². The van der Waals surface area contributed by atoms with Crippen LogP contribution >= 0.6 is 22.6 Å². The lowest BCUT2D eigenvalue weighted by atomic mass is 10.0. The number of hydrogen-bond acceptors (Lipinski definition) is 9. The Hall–Kier alpha value is -3.74. The molecule has 4 aromatic rings. The van der Waals surface area contributed by atoms with E-state index in [1.54, 1.807) is 13.0 Å². The standard InChI is InChI=1S/C20H21F4NO4S.C20H21F3INO5S/c1-11-2-3-12(15(21)6-11)7-14-18(24)16(22)8-17(23)19(14)25-30(28,29)20(4-5-20)9-13(27)10-26;1-30-17-8-16(22)18(23)14(6-11-2-3-12(24)7-15(11)21)19(17)25-31(28,29)20(4-5-20)9-13(27)10-26/h2-3,6,8,13,25-27H,4-5,7,9-10H2,1H3;2-3,7-8,13,25-27H,4-6,9-10H2,1H3. The summed E-state index contributed by atoms with van der Waals surface area (Å²) in [5, 5.41) is 37.4. The molecule has 6 rings (SSSR count). The number of aryl methyl sites for hydroxylation is 1. The lowest BCUT2D eigenvalue weighted by Crippen LogP contribution is -2.35. The quantitative estimate of drug-likeness (QED) is 0.0392. The van der Waals surface area contributed by atoms with Crippen molar-refractivity contribution in [2.24, 2.45) is 0 Å². The van der Waals surface area contributed by atoms with Gasteiger partial charge >= 0.3 is 0 Å². The number of rotatable bonds is 17. The maximum absolute atomic E-state index is 14.8. The van der Waals surface area contributed by atoms with Gasteiger partial charge in [-0.1, -0.05) is 18.2 Å². The number of aliphatic hydroxyl groups excluding tert-OH is 4. The zero-order valence-electron chi connectivity index (χ0n) is 32.5. The molecule has 11 nitrogen and oxygen atoms in total. The molecule has 0 aliphatic heterocycles. The summed E-state index contributed by atoms with van der Waals surface area (Å²) >= 11 is 1.91. The molecule has 0 amide bonds. The Labute approximate surface area is 361 Å². The first-order valence-corrected chi connectivity index (χ1v) is 22.6. The molecule has 2 atom stereocenters. The van der Waals surface area contributed by atoms with Crippen molar-refractivity contribution < 1.29 is 72.7 Å². The summed E-state index contributed by atoms with van der Waals surface area (Å²) in [6.07, 6.45) is -3.33. The predicted octanol–water partition coefficient (Wildman–Crippen LogP) is 6.49. The third-order valence-electron chi connectivity index (χ3n) is 10.6. The van der Waals surface area contributed by atoms with Gasteiger partial charge in [0.15, 0.2) is 29.1 Å². The number of aliphatic hydroxyl groups is 4. The van der Waals surface area contributed by atoms with Crippen LogP contribution in [-0.4, -0.2) is 79.3 Å².